The Hall–Kier alpha value is -1.62. The van der Waals surface area contributed by atoms with Crippen molar-refractivity contribution < 1.29 is 19.0 Å². The maximum absolute atomic E-state index is 13.0. The largest absolute Gasteiger partial charge is 0.449 e. The minimum absolute atomic E-state index is 0.0565. The first-order valence-corrected chi connectivity index (χ1v) is 5.01. The second-order valence-electron chi connectivity index (χ2n) is 3.72. The molecule has 1 atom stereocenters. The highest BCUT2D eigenvalue weighted by atomic mass is 19.1. The number of hydrogen-bond donors (Lipinski definition) is 1. The maximum atomic E-state index is 13.0. The van der Waals surface area contributed by atoms with Crippen LogP contribution in [0, 0.1) is 11.7 Å². The molecule has 0 spiro atoms. The number of carbonyl (C=O) groups is 1. The fraction of sp³-hybridized carbons (Fsp3) is 0.364. The van der Waals surface area contributed by atoms with Crippen molar-refractivity contribution in [1.82, 2.24) is 0 Å². The van der Waals surface area contributed by atoms with Crippen LogP contribution >= 0.6 is 0 Å². The van der Waals surface area contributed by atoms with Gasteiger partial charge in [0, 0.05) is 18.2 Å². The molecule has 0 aromatic heterocycles. The minimum atomic E-state index is -0.504. The lowest BCUT2D eigenvalue weighted by Gasteiger charge is -2.31. The summed E-state index contributed by atoms with van der Waals surface area (Å²) >= 11 is 0. The molecule has 1 amide bonds. The van der Waals surface area contributed by atoms with Gasteiger partial charge in [-0.2, -0.15) is 0 Å². The first kappa shape index (κ1) is 10.9. The van der Waals surface area contributed by atoms with Crippen LogP contribution < -0.4 is 4.90 Å². The van der Waals surface area contributed by atoms with Crippen LogP contribution in [0.3, 0.4) is 0 Å². The van der Waals surface area contributed by atoms with Gasteiger partial charge in [-0.25, -0.2) is 9.18 Å². The lowest BCUT2D eigenvalue weighted by atomic mass is 10.1. The number of cyclic esters (lactones) is 1. The Labute approximate surface area is 92.2 Å². The monoisotopic (exact) mass is 225 g/mol. The van der Waals surface area contributed by atoms with Crippen LogP contribution in [0.15, 0.2) is 24.3 Å². The normalized spacial score (nSPS) is 20.8. The van der Waals surface area contributed by atoms with Crippen molar-refractivity contribution in [3.05, 3.63) is 30.1 Å². The number of carbonyl (C=O) groups excluding carboxylic acids is 1. The number of aliphatic hydroxyl groups is 1. The third kappa shape index (κ3) is 2.14. The van der Waals surface area contributed by atoms with Gasteiger partial charge < -0.3 is 9.84 Å². The summed E-state index contributed by atoms with van der Waals surface area (Å²) < 4.78 is 17.9. The number of ether oxygens (including phenoxy) is 1. The number of hydrogen-bond acceptors (Lipinski definition) is 3. The molecule has 5 heteroatoms. The SMILES string of the molecule is O=C1OCC(CO)CN1c1cccc(F)c1. The van der Waals surface area contributed by atoms with E-state index in [1.165, 1.54) is 23.1 Å². The third-order valence-corrected chi connectivity index (χ3v) is 2.48. The zero-order chi connectivity index (χ0) is 11.5. The van der Waals surface area contributed by atoms with Crippen molar-refractivity contribution in [2.24, 2.45) is 5.92 Å². The lowest BCUT2D eigenvalue weighted by Crippen LogP contribution is -2.44. The molecule has 1 N–H and O–H groups in total. The molecule has 16 heavy (non-hydrogen) atoms. The summed E-state index contributed by atoms with van der Waals surface area (Å²) in [7, 11) is 0. The second-order valence-corrected chi connectivity index (χ2v) is 3.72. The molecule has 1 saturated heterocycles. The lowest BCUT2D eigenvalue weighted by molar-refractivity contribution is 0.0900. The van der Waals surface area contributed by atoms with Gasteiger partial charge >= 0.3 is 6.09 Å². The number of anilines is 1. The number of nitrogens with zero attached hydrogens (tertiary/aromatic N) is 1. The Morgan fingerprint density at radius 2 is 2.38 bits per heavy atom. The Morgan fingerprint density at radius 3 is 3.06 bits per heavy atom. The van der Waals surface area contributed by atoms with E-state index in [0.29, 0.717) is 12.2 Å². The fourth-order valence-corrected chi connectivity index (χ4v) is 1.62. The van der Waals surface area contributed by atoms with Gasteiger partial charge in [-0.15, -0.1) is 0 Å². The van der Waals surface area contributed by atoms with Crippen LogP contribution in [0.25, 0.3) is 0 Å². The Morgan fingerprint density at radius 1 is 1.56 bits per heavy atom. The molecule has 2 rings (SSSR count). The Bertz CT molecular complexity index is 397. The van der Waals surface area contributed by atoms with E-state index < -0.39 is 11.9 Å². The Kier molecular flexibility index (Phi) is 3.05. The summed E-state index contributed by atoms with van der Waals surface area (Å²) in [5, 5.41) is 9.00. The van der Waals surface area contributed by atoms with E-state index in [9.17, 15) is 9.18 Å². The first-order valence-electron chi connectivity index (χ1n) is 5.01. The van der Waals surface area contributed by atoms with E-state index in [0.717, 1.165) is 0 Å². The molecule has 86 valence electrons. The van der Waals surface area contributed by atoms with E-state index >= 15 is 0 Å². The molecule has 1 aliphatic rings. The molecule has 4 nitrogen and oxygen atoms in total. The van der Waals surface area contributed by atoms with Crippen LogP contribution in [-0.2, 0) is 4.74 Å². The van der Waals surface area contributed by atoms with Crippen LogP contribution in [0.5, 0.6) is 0 Å². The molecule has 0 radical (unpaired) electrons. The average molecular weight is 225 g/mol. The van der Waals surface area contributed by atoms with Crippen molar-refractivity contribution in [3.8, 4) is 0 Å². The first-order chi connectivity index (χ1) is 7.70. The van der Waals surface area contributed by atoms with Gasteiger partial charge in [-0.05, 0) is 18.2 Å². The van der Waals surface area contributed by atoms with E-state index in [1.54, 1.807) is 6.07 Å². The summed E-state index contributed by atoms with van der Waals surface area (Å²) in [5.74, 6) is -0.530. The molecular weight excluding hydrogens is 213 g/mol. The third-order valence-electron chi connectivity index (χ3n) is 2.48. The summed E-state index contributed by atoms with van der Waals surface area (Å²) in [5.41, 5.74) is 0.447. The predicted octanol–water partition coefficient (Wildman–Crippen LogP) is 1.39. The van der Waals surface area contributed by atoms with Crippen LogP contribution in [-0.4, -0.2) is 31.0 Å². The highest BCUT2D eigenvalue weighted by Crippen LogP contribution is 2.21. The number of benzene rings is 1. The van der Waals surface area contributed by atoms with E-state index in [2.05, 4.69) is 0 Å². The summed E-state index contributed by atoms with van der Waals surface area (Å²) in [6.07, 6.45) is -0.504. The van der Waals surface area contributed by atoms with Gasteiger partial charge in [0.1, 0.15) is 5.82 Å². The number of aliphatic hydroxyl groups excluding tert-OH is 1. The van der Waals surface area contributed by atoms with E-state index in [1.807, 2.05) is 0 Å². The zero-order valence-electron chi connectivity index (χ0n) is 8.60. The number of amides is 1. The smallest absolute Gasteiger partial charge is 0.414 e. The molecule has 1 aromatic carbocycles. The average Bonchev–Trinajstić information content (AvgIpc) is 2.30. The van der Waals surface area contributed by atoms with Gasteiger partial charge in [-0.1, -0.05) is 6.07 Å². The number of halogens is 1. The zero-order valence-corrected chi connectivity index (χ0v) is 8.60. The van der Waals surface area contributed by atoms with Gasteiger partial charge in [0.05, 0.1) is 13.2 Å². The van der Waals surface area contributed by atoms with Gasteiger partial charge in [0.25, 0.3) is 0 Å². The summed E-state index contributed by atoms with van der Waals surface area (Å²) in [6.45, 7) is 0.499. The van der Waals surface area contributed by atoms with Crippen molar-refractivity contribution >= 4 is 11.8 Å². The molecule has 1 aromatic rings. The number of rotatable bonds is 2. The van der Waals surface area contributed by atoms with Crippen molar-refractivity contribution in [3.63, 3.8) is 0 Å². The van der Waals surface area contributed by atoms with Gasteiger partial charge in [-0.3, -0.25) is 4.90 Å². The topological polar surface area (TPSA) is 49.8 Å². The maximum Gasteiger partial charge on any atom is 0.414 e. The molecule has 1 fully saturated rings. The van der Waals surface area contributed by atoms with Crippen LogP contribution in [0.4, 0.5) is 14.9 Å². The second kappa shape index (κ2) is 4.49. The fourth-order valence-electron chi connectivity index (χ4n) is 1.62. The summed E-state index contributed by atoms with van der Waals surface area (Å²) in [4.78, 5) is 12.8. The van der Waals surface area contributed by atoms with Crippen molar-refractivity contribution in [1.29, 1.82) is 0 Å². The molecular formula is C11H12FNO3. The molecule has 1 heterocycles. The molecule has 0 bridgehead atoms. The van der Waals surface area contributed by atoms with Gasteiger partial charge in [0.2, 0.25) is 0 Å². The predicted molar refractivity (Wildman–Crippen MR) is 55.7 cm³/mol. The van der Waals surface area contributed by atoms with Crippen molar-refractivity contribution in [2.75, 3.05) is 24.7 Å². The highest BCUT2D eigenvalue weighted by Gasteiger charge is 2.27. The molecule has 1 unspecified atom stereocenters. The minimum Gasteiger partial charge on any atom is -0.449 e. The van der Waals surface area contributed by atoms with E-state index in [-0.39, 0.29) is 19.1 Å². The quantitative estimate of drug-likeness (QED) is 0.827. The highest BCUT2D eigenvalue weighted by molar-refractivity contribution is 5.88. The van der Waals surface area contributed by atoms with Crippen LogP contribution in [0.2, 0.25) is 0 Å². The standard InChI is InChI=1S/C11H12FNO3/c12-9-2-1-3-10(4-9)13-5-8(6-14)7-16-11(13)15/h1-4,8,14H,5-7H2. The Balaban J connectivity index is 2.21. The summed E-state index contributed by atoms with van der Waals surface area (Å²) in [6, 6.07) is 5.73. The van der Waals surface area contributed by atoms with Gasteiger partial charge in [0.15, 0.2) is 0 Å². The van der Waals surface area contributed by atoms with E-state index in [4.69, 9.17) is 9.84 Å². The van der Waals surface area contributed by atoms with Crippen molar-refractivity contribution in [2.45, 2.75) is 0 Å². The molecule has 0 saturated carbocycles. The molecule has 0 aliphatic carbocycles. The van der Waals surface area contributed by atoms with Crippen LogP contribution in [0.1, 0.15) is 0 Å². The molecule has 1 aliphatic heterocycles.